The van der Waals surface area contributed by atoms with Gasteiger partial charge < -0.3 is 9.15 Å². The number of methoxy groups -OCH3 is 1. The summed E-state index contributed by atoms with van der Waals surface area (Å²) in [4.78, 5) is 0. The highest BCUT2D eigenvalue weighted by atomic mass is 35.5. The van der Waals surface area contributed by atoms with Gasteiger partial charge in [-0.3, -0.25) is 5.84 Å². The number of benzene rings is 1. The van der Waals surface area contributed by atoms with Crippen molar-refractivity contribution in [3.63, 3.8) is 0 Å². The fraction of sp³-hybridized carbons (Fsp3) is 0.429. The Kier molecular flexibility index (Phi) is 4.82. The van der Waals surface area contributed by atoms with Crippen molar-refractivity contribution in [2.75, 3.05) is 13.7 Å². The molecule has 2 atom stereocenters. The Hall–Kier alpha value is -1.07. The van der Waals surface area contributed by atoms with E-state index in [-0.39, 0.29) is 6.04 Å². The minimum absolute atomic E-state index is 0.0476. The zero-order valence-corrected chi connectivity index (χ0v) is 11.9. The van der Waals surface area contributed by atoms with Crippen LogP contribution < -0.4 is 11.3 Å². The topological polar surface area (TPSA) is 60.4 Å². The molecule has 1 aromatic heterocycles. The lowest BCUT2D eigenvalue weighted by Crippen LogP contribution is -2.29. The van der Waals surface area contributed by atoms with Gasteiger partial charge in [-0.15, -0.1) is 0 Å². The van der Waals surface area contributed by atoms with E-state index in [0.717, 1.165) is 17.6 Å². The molecule has 4 nitrogen and oxygen atoms in total. The van der Waals surface area contributed by atoms with Crippen molar-refractivity contribution in [2.45, 2.75) is 19.4 Å². The van der Waals surface area contributed by atoms with E-state index in [1.165, 1.54) is 0 Å². The van der Waals surface area contributed by atoms with Crippen molar-refractivity contribution < 1.29 is 9.15 Å². The highest BCUT2D eigenvalue weighted by Crippen LogP contribution is 2.31. The maximum atomic E-state index is 6.11. The van der Waals surface area contributed by atoms with E-state index in [9.17, 15) is 0 Å². The number of fused-ring (bicyclic) bond motifs is 1. The predicted octanol–water partition coefficient (Wildman–Crippen LogP) is 3.26. The number of hydrogen-bond acceptors (Lipinski definition) is 4. The third kappa shape index (κ3) is 3.28. The molecule has 0 bridgehead atoms. The maximum Gasteiger partial charge on any atom is 0.152 e. The zero-order chi connectivity index (χ0) is 13.8. The summed E-state index contributed by atoms with van der Waals surface area (Å²) < 4.78 is 11.0. The molecular weight excluding hydrogens is 264 g/mol. The SMILES string of the molecule is COCC(C)CC(NN)c1cc2cccc(Cl)c2o1. The molecule has 0 saturated carbocycles. The Balaban J connectivity index is 2.23. The number of nitrogens with two attached hydrogens (primary N) is 1. The predicted molar refractivity (Wildman–Crippen MR) is 76.9 cm³/mol. The molecule has 0 aliphatic carbocycles. The van der Waals surface area contributed by atoms with E-state index in [0.29, 0.717) is 23.1 Å². The van der Waals surface area contributed by atoms with Crippen LogP contribution in [0.1, 0.15) is 25.1 Å². The lowest BCUT2D eigenvalue weighted by atomic mass is 10.0. The molecule has 104 valence electrons. The van der Waals surface area contributed by atoms with Gasteiger partial charge in [0.1, 0.15) is 5.76 Å². The van der Waals surface area contributed by atoms with E-state index in [1.54, 1.807) is 7.11 Å². The molecule has 2 rings (SSSR count). The highest BCUT2D eigenvalue weighted by Gasteiger charge is 2.18. The number of ether oxygens (including phenoxy) is 1. The molecule has 2 unspecified atom stereocenters. The molecule has 0 radical (unpaired) electrons. The number of rotatable bonds is 6. The number of para-hydroxylation sites is 1. The zero-order valence-electron chi connectivity index (χ0n) is 11.2. The molecule has 1 aromatic carbocycles. The van der Waals surface area contributed by atoms with Gasteiger partial charge in [-0.25, -0.2) is 5.43 Å². The van der Waals surface area contributed by atoms with E-state index in [1.807, 2.05) is 24.3 Å². The van der Waals surface area contributed by atoms with Crippen LogP contribution in [0.25, 0.3) is 11.0 Å². The second-order valence-electron chi connectivity index (χ2n) is 4.82. The van der Waals surface area contributed by atoms with Crippen molar-refractivity contribution in [2.24, 2.45) is 11.8 Å². The maximum absolute atomic E-state index is 6.11. The normalized spacial score (nSPS) is 14.7. The molecule has 5 heteroatoms. The Labute approximate surface area is 117 Å². The second kappa shape index (κ2) is 6.39. The minimum atomic E-state index is -0.0476. The van der Waals surface area contributed by atoms with Gasteiger partial charge in [0.25, 0.3) is 0 Å². The molecule has 19 heavy (non-hydrogen) atoms. The van der Waals surface area contributed by atoms with Crippen LogP contribution in [0.5, 0.6) is 0 Å². The quantitative estimate of drug-likeness (QED) is 0.631. The monoisotopic (exact) mass is 282 g/mol. The molecule has 0 saturated heterocycles. The average Bonchev–Trinajstić information content (AvgIpc) is 2.81. The number of nitrogens with one attached hydrogen (secondary N) is 1. The Morgan fingerprint density at radius 1 is 1.47 bits per heavy atom. The summed E-state index contributed by atoms with van der Waals surface area (Å²) in [5, 5.41) is 1.60. The second-order valence-corrected chi connectivity index (χ2v) is 5.23. The number of furan rings is 1. The van der Waals surface area contributed by atoms with Crippen LogP contribution in [0.3, 0.4) is 0 Å². The molecule has 0 spiro atoms. The summed E-state index contributed by atoms with van der Waals surface area (Å²) in [6.07, 6.45) is 0.835. The van der Waals surface area contributed by atoms with Crippen LogP contribution in [-0.2, 0) is 4.74 Å². The molecule has 1 heterocycles. The summed E-state index contributed by atoms with van der Waals surface area (Å²) >= 11 is 6.11. The van der Waals surface area contributed by atoms with Crippen molar-refractivity contribution in [1.82, 2.24) is 5.43 Å². The molecule has 0 fully saturated rings. The minimum Gasteiger partial charge on any atom is -0.458 e. The summed E-state index contributed by atoms with van der Waals surface area (Å²) in [6.45, 7) is 2.81. The lowest BCUT2D eigenvalue weighted by molar-refractivity contribution is 0.147. The van der Waals surface area contributed by atoms with Crippen molar-refractivity contribution >= 4 is 22.6 Å². The molecule has 0 amide bonds. The van der Waals surface area contributed by atoms with Crippen LogP contribution in [-0.4, -0.2) is 13.7 Å². The number of hydrogen-bond donors (Lipinski definition) is 2. The van der Waals surface area contributed by atoms with Gasteiger partial charge in [0, 0.05) is 19.1 Å². The van der Waals surface area contributed by atoms with Gasteiger partial charge in [0.05, 0.1) is 11.1 Å². The molecular formula is C14H19ClN2O2. The van der Waals surface area contributed by atoms with E-state index >= 15 is 0 Å². The van der Waals surface area contributed by atoms with Crippen LogP contribution >= 0.6 is 11.6 Å². The van der Waals surface area contributed by atoms with E-state index < -0.39 is 0 Å². The Morgan fingerprint density at radius 3 is 2.89 bits per heavy atom. The molecule has 0 aliphatic heterocycles. The first kappa shape index (κ1) is 14.3. The summed E-state index contributed by atoms with van der Waals surface area (Å²) in [5.74, 6) is 6.81. The van der Waals surface area contributed by atoms with Crippen LogP contribution in [0.2, 0.25) is 5.02 Å². The van der Waals surface area contributed by atoms with Crippen molar-refractivity contribution in [1.29, 1.82) is 0 Å². The number of halogens is 1. The fourth-order valence-corrected chi connectivity index (χ4v) is 2.46. The average molecular weight is 283 g/mol. The van der Waals surface area contributed by atoms with Gasteiger partial charge >= 0.3 is 0 Å². The summed E-state index contributed by atoms with van der Waals surface area (Å²) in [5.41, 5.74) is 3.50. The van der Waals surface area contributed by atoms with Crippen LogP contribution in [0, 0.1) is 5.92 Å². The highest BCUT2D eigenvalue weighted by molar-refractivity contribution is 6.34. The van der Waals surface area contributed by atoms with Gasteiger partial charge in [0.15, 0.2) is 5.58 Å². The first-order valence-corrected chi connectivity index (χ1v) is 6.66. The van der Waals surface area contributed by atoms with Crippen molar-refractivity contribution in [3.05, 3.63) is 35.0 Å². The molecule has 0 aliphatic rings. The lowest BCUT2D eigenvalue weighted by Gasteiger charge is -2.17. The fourth-order valence-electron chi connectivity index (χ4n) is 2.24. The summed E-state index contributed by atoms with van der Waals surface area (Å²) in [7, 11) is 1.70. The third-order valence-electron chi connectivity index (χ3n) is 3.15. The van der Waals surface area contributed by atoms with Crippen molar-refractivity contribution in [3.8, 4) is 0 Å². The van der Waals surface area contributed by atoms with Gasteiger partial charge in [-0.1, -0.05) is 30.7 Å². The van der Waals surface area contributed by atoms with E-state index in [2.05, 4.69) is 12.3 Å². The van der Waals surface area contributed by atoms with Crippen LogP contribution in [0.15, 0.2) is 28.7 Å². The largest absolute Gasteiger partial charge is 0.458 e. The van der Waals surface area contributed by atoms with E-state index in [4.69, 9.17) is 26.6 Å². The summed E-state index contributed by atoms with van der Waals surface area (Å²) in [6, 6.07) is 7.62. The Bertz CT molecular complexity index is 541. The standard InChI is InChI=1S/C14H19ClN2O2/c1-9(8-18-2)6-12(17-16)13-7-10-4-3-5-11(15)14(10)19-13/h3-5,7,9,12,17H,6,8,16H2,1-2H3. The van der Waals surface area contributed by atoms with Crippen LogP contribution in [0.4, 0.5) is 0 Å². The third-order valence-corrected chi connectivity index (χ3v) is 3.45. The molecule has 2 aromatic rings. The first-order chi connectivity index (χ1) is 9.15. The molecule has 3 N–H and O–H groups in total. The van der Waals surface area contributed by atoms with Gasteiger partial charge in [-0.2, -0.15) is 0 Å². The smallest absolute Gasteiger partial charge is 0.152 e. The van der Waals surface area contributed by atoms with Gasteiger partial charge in [0.2, 0.25) is 0 Å². The first-order valence-electron chi connectivity index (χ1n) is 6.28. The van der Waals surface area contributed by atoms with Gasteiger partial charge in [-0.05, 0) is 24.5 Å². The Morgan fingerprint density at radius 2 is 2.26 bits per heavy atom. The number of hydrazine groups is 1.